The van der Waals surface area contributed by atoms with Crippen LogP contribution in [0.1, 0.15) is 5.56 Å². The molecule has 7 aromatic rings. The fraction of sp³-hybridized carbons (Fsp3) is 0.0256. The van der Waals surface area contributed by atoms with Gasteiger partial charge in [-0.2, -0.15) is 0 Å². The van der Waals surface area contributed by atoms with Crippen LogP contribution in [0.5, 0.6) is 5.75 Å². The summed E-state index contributed by atoms with van der Waals surface area (Å²) >= 11 is 0. The number of aromatic hydroxyl groups is 1. The van der Waals surface area contributed by atoms with Crippen LogP contribution in [0.25, 0.3) is 32.7 Å². The first-order chi connectivity index (χ1) is 22.9. The van der Waals surface area contributed by atoms with Crippen molar-refractivity contribution in [1.29, 1.82) is 0 Å². The molecule has 9 heteroatoms. The van der Waals surface area contributed by atoms with Gasteiger partial charge in [0.25, 0.3) is 11.4 Å². The number of phenols is 1. The maximum Gasteiger partial charge on any atom is 0.276 e. The summed E-state index contributed by atoms with van der Waals surface area (Å²) in [6, 6.07) is 47.7. The monoisotopic (exact) mass is 714 g/mol. The lowest BCUT2D eigenvalue weighted by Crippen LogP contribution is -3.00. The van der Waals surface area contributed by atoms with Gasteiger partial charge in [-0.25, -0.2) is 0 Å². The predicted octanol–water partition coefficient (Wildman–Crippen LogP) is 5.68. The van der Waals surface area contributed by atoms with E-state index in [0.29, 0.717) is 11.1 Å². The molecule has 0 spiro atoms. The number of phenolic OH excluding ortho intramolecular Hbond substituents is 1. The van der Waals surface area contributed by atoms with E-state index in [0.717, 1.165) is 49.1 Å². The first-order valence-electron chi connectivity index (χ1n) is 15.0. The Morgan fingerprint density at radius 1 is 0.542 bits per heavy atom. The minimum atomic E-state index is -2.84. The minimum absolute atomic E-state index is 0. The zero-order valence-corrected chi connectivity index (χ0v) is 27.9. The molecule has 48 heavy (non-hydrogen) atoms. The molecule has 0 fully saturated rings. The lowest BCUT2D eigenvalue weighted by Gasteiger charge is -2.30. The van der Waals surface area contributed by atoms with Crippen molar-refractivity contribution in [3.8, 4) is 16.9 Å². The summed E-state index contributed by atoms with van der Waals surface area (Å²) < 4.78 is 0. The van der Waals surface area contributed by atoms with Crippen molar-refractivity contribution >= 4 is 56.1 Å². The molecular weight excluding hydrogens is 687 g/mol. The number of nitro benzene ring substituents is 2. The third-order valence-electron chi connectivity index (χ3n) is 8.67. The van der Waals surface area contributed by atoms with Crippen LogP contribution in [0.15, 0.2) is 152 Å². The standard InChI is InChI=1S/C39H27N2O5P.BrH/c42-36-21-19-28-11-7-9-17-34(28)38(36)39-35-18-10-8-12-29(35)20-22-37(39)47(32-13-3-1-4-14-32,33-15-5-2-6-16-33)26-27-23-30(40(43)44)25-31(24-27)41(45)46;/h1-25H,26H2;1H. The summed E-state index contributed by atoms with van der Waals surface area (Å²) in [5.74, 6) is 0.131. The van der Waals surface area contributed by atoms with Crippen LogP contribution in [0.3, 0.4) is 0 Å². The second kappa shape index (κ2) is 13.4. The molecule has 0 amide bonds. The molecule has 236 valence electrons. The molecule has 0 aromatic heterocycles. The number of nitro groups is 2. The Hall–Kier alpha value is -5.43. The van der Waals surface area contributed by atoms with E-state index in [-0.39, 0.29) is 40.3 Å². The minimum Gasteiger partial charge on any atom is -1.00 e. The van der Waals surface area contributed by atoms with Gasteiger partial charge >= 0.3 is 0 Å². The SMILES string of the molecule is O=[N+]([O-])c1cc(C[P+](c2ccccc2)(c2ccccc2)c2ccc3ccccc3c2-c2c(O)ccc3ccccc23)cc([N+](=O)[O-])c1.[Br-]. The average Bonchev–Trinajstić information content (AvgIpc) is 3.11. The zero-order valence-electron chi connectivity index (χ0n) is 25.4. The van der Waals surface area contributed by atoms with E-state index in [1.807, 2.05) is 84.9 Å². The Morgan fingerprint density at radius 3 is 1.52 bits per heavy atom. The van der Waals surface area contributed by atoms with Crippen molar-refractivity contribution in [2.24, 2.45) is 0 Å². The predicted molar refractivity (Wildman–Crippen MR) is 191 cm³/mol. The molecule has 7 aromatic carbocycles. The highest BCUT2D eigenvalue weighted by atomic mass is 79.9. The highest BCUT2D eigenvalue weighted by molar-refractivity contribution is 7.95. The van der Waals surface area contributed by atoms with E-state index in [1.54, 1.807) is 6.07 Å². The first-order valence-corrected chi connectivity index (χ1v) is 17.0. The maximum atomic E-state index is 12.0. The molecule has 0 unspecified atom stereocenters. The van der Waals surface area contributed by atoms with Gasteiger partial charge in [0.15, 0.2) is 0 Å². The van der Waals surface area contributed by atoms with Crippen LogP contribution in [-0.4, -0.2) is 15.0 Å². The third kappa shape index (κ3) is 5.70. The van der Waals surface area contributed by atoms with Crippen LogP contribution < -0.4 is 32.9 Å². The van der Waals surface area contributed by atoms with Crippen LogP contribution in [-0.2, 0) is 6.16 Å². The molecule has 0 saturated carbocycles. The molecule has 0 heterocycles. The highest BCUT2D eigenvalue weighted by Crippen LogP contribution is 2.61. The second-order valence-corrected chi connectivity index (χ2v) is 14.8. The molecule has 7 nitrogen and oxygen atoms in total. The van der Waals surface area contributed by atoms with Crippen LogP contribution in [0.2, 0.25) is 0 Å². The van der Waals surface area contributed by atoms with Gasteiger partial charge in [0.05, 0.1) is 22.1 Å². The average molecular weight is 716 g/mol. The van der Waals surface area contributed by atoms with Gasteiger partial charge in [-0.05, 0) is 57.9 Å². The zero-order chi connectivity index (χ0) is 32.5. The molecule has 1 N–H and O–H groups in total. The number of rotatable bonds is 8. The Labute approximate surface area is 287 Å². The maximum absolute atomic E-state index is 12.0. The third-order valence-corrected chi connectivity index (χ3v) is 13.1. The number of hydrogen-bond donors (Lipinski definition) is 1. The number of fused-ring (bicyclic) bond motifs is 2. The van der Waals surface area contributed by atoms with Crippen molar-refractivity contribution in [3.63, 3.8) is 0 Å². The van der Waals surface area contributed by atoms with Gasteiger partial charge in [-0.15, -0.1) is 0 Å². The smallest absolute Gasteiger partial charge is 0.276 e. The Morgan fingerprint density at radius 2 is 1.00 bits per heavy atom. The number of nitrogens with zero attached hydrogens (tertiary/aromatic N) is 2. The van der Waals surface area contributed by atoms with Crippen molar-refractivity contribution in [3.05, 3.63) is 177 Å². The first kappa shape index (κ1) is 32.5. The molecule has 0 atom stereocenters. The number of benzene rings is 7. The van der Waals surface area contributed by atoms with E-state index >= 15 is 0 Å². The summed E-state index contributed by atoms with van der Waals surface area (Å²) in [4.78, 5) is 22.9. The van der Waals surface area contributed by atoms with E-state index in [1.165, 1.54) is 12.1 Å². The lowest BCUT2D eigenvalue weighted by atomic mass is 9.93. The summed E-state index contributed by atoms with van der Waals surface area (Å²) in [5.41, 5.74) is 1.36. The van der Waals surface area contributed by atoms with Crippen LogP contribution in [0, 0.1) is 20.2 Å². The van der Waals surface area contributed by atoms with Crippen LogP contribution in [0.4, 0.5) is 11.4 Å². The van der Waals surface area contributed by atoms with Crippen molar-refractivity contribution in [1.82, 2.24) is 0 Å². The van der Waals surface area contributed by atoms with Crippen molar-refractivity contribution in [2.45, 2.75) is 6.16 Å². The topological polar surface area (TPSA) is 107 Å². The van der Waals surface area contributed by atoms with Crippen molar-refractivity contribution in [2.75, 3.05) is 0 Å². The highest BCUT2D eigenvalue weighted by Gasteiger charge is 2.48. The van der Waals surface area contributed by atoms with Gasteiger partial charge in [0.2, 0.25) is 0 Å². The van der Waals surface area contributed by atoms with Crippen LogP contribution >= 0.6 is 7.26 Å². The molecule has 0 radical (unpaired) electrons. The van der Waals surface area contributed by atoms with Gasteiger partial charge in [0, 0.05) is 28.8 Å². The fourth-order valence-corrected chi connectivity index (χ4v) is 11.1. The fourth-order valence-electron chi connectivity index (χ4n) is 6.66. The largest absolute Gasteiger partial charge is 1.00 e. The lowest BCUT2D eigenvalue weighted by molar-refractivity contribution is -0.394. The summed E-state index contributed by atoms with van der Waals surface area (Å²) in [6.45, 7) is 0. The Kier molecular flexibility index (Phi) is 9.05. The Bertz CT molecular complexity index is 2240. The molecule has 7 rings (SSSR count). The molecule has 0 aliphatic rings. The van der Waals surface area contributed by atoms with Gasteiger partial charge in [-0.3, -0.25) is 20.2 Å². The summed E-state index contributed by atoms with van der Waals surface area (Å²) in [7, 11) is -2.84. The van der Waals surface area contributed by atoms with Crippen molar-refractivity contribution < 1.29 is 31.9 Å². The quantitative estimate of drug-likeness (QED) is 0.124. The number of non-ortho nitro benzene ring substituents is 2. The Balaban J connectivity index is 0.00000401. The number of halogens is 1. The summed E-state index contributed by atoms with van der Waals surface area (Å²) in [5, 5.41) is 42.5. The summed E-state index contributed by atoms with van der Waals surface area (Å²) in [6.07, 6.45) is 0.264. The normalized spacial score (nSPS) is 11.2. The molecule has 0 bridgehead atoms. The molecule has 0 aliphatic carbocycles. The van der Waals surface area contributed by atoms with Gasteiger partial charge in [0.1, 0.15) is 28.9 Å². The van der Waals surface area contributed by atoms with E-state index in [2.05, 4.69) is 42.5 Å². The van der Waals surface area contributed by atoms with E-state index in [9.17, 15) is 25.3 Å². The second-order valence-electron chi connectivity index (χ2n) is 11.4. The molecule has 0 aliphatic heterocycles. The van der Waals surface area contributed by atoms with Gasteiger partial charge in [-0.1, -0.05) is 97.1 Å². The number of hydrogen-bond acceptors (Lipinski definition) is 5. The molecule has 0 saturated heterocycles. The van der Waals surface area contributed by atoms with E-state index < -0.39 is 17.1 Å². The molecular formula is C39H28BrN2O5P. The van der Waals surface area contributed by atoms with Gasteiger partial charge < -0.3 is 22.1 Å². The van der Waals surface area contributed by atoms with E-state index in [4.69, 9.17) is 0 Å².